The van der Waals surface area contributed by atoms with Crippen molar-refractivity contribution in [3.05, 3.63) is 83.1 Å². The van der Waals surface area contributed by atoms with Gasteiger partial charge >= 0.3 is 5.97 Å². The Morgan fingerprint density at radius 2 is 1.66 bits per heavy atom. The molecule has 2 aromatic carbocycles. The molecule has 0 saturated carbocycles. The largest absolute Gasteiger partial charge is 0.468 e. The van der Waals surface area contributed by atoms with E-state index < -0.39 is 8.07 Å². The lowest BCUT2D eigenvalue weighted by Gasteiger charge is -2.37. The van der Waals surface area contributed by atoms with E-state index in [1.54, 1.807) is 4.90 Å². The SMILES string of the molecule is COC(=O)CN1C/C(=C\[Si](C)(C)C)C(c2ccccc2)N(Cc2ccccc2)[C@@H](CC(C)C)C1=O. The summed E-state index contributed by atoms with van der Waals surface area (Å²) >= 11 is 0. The Bertz CT molecular complexity index is 1020. The summed E-state index contributed by atoms with van der Waals surface area (Å²) in [7, 11) is -0.282. The minimum Gasteiger partial charge on any atom is -0.468 e. The van der Waals surface area contributed by atoms with Crippen molar-refractivity contribution in [1.29, 1.82) is 0 Å². The van der Waals surface area contributed by atoms with E-state index in [2.05, 4.69) is 80.5 Å². The fourth-order valence-corrected chi connectivity index (χ4v) is 6.25. The molecule has 5 nitrogen and oxygen atoms in total. The van der Waals surface area contributed by atoms with E-state index >= 15 is 0 Å². The van der Waals surface area contributed by atoms with Crippen molar-refractivity contribution < 1.29 is 14.3 Å². The van der Waals surface area contributed by atoms with E-state index in [0.717, 1.165) is 0 Å². The molecule has 3 rings (SSSR count). The van der Waals surface area contributed by atoms with Crippen LogP contribution in [-0.2, 0) is 20.9 Å². The van der Waals surface area contributed by atoms with E-state index in [4.69, 9.17) is 4.74 Å². The van der Waals surface area contributed by atoms with E-state index in [-0.39, 0.29) is 30.5 Å². The predicted molar refractivity (Wildman–Crippen MR) is 144 cm³/mol. The zero-order valence-corrected chi connectivity index (χ0v) is 23.0. The van der Waals surface area contributed by atoms with Gasteiger partial charge in [-0.05, 0) is 29.0 Å². The molecule has 1 aliphatic heterocycles. The molecule has 1 heterocycles. The standard InChI is InChI=1S/C29H40N2O3Si/c1-22(2)17-26-29(33)30(20-27(32)34-3)19-25(21-35(4,5)6)28(24-15-11-8-12-16-24)31(26)18-23-13-9-7-10-14-23/h7-16,21-22,26,28H,17-20H2,1-6H3/b25-21+/t26-,28?/m0/s1. The van der Waals surface area contributed by atoms with Crippen LogP contribution in [0.1, 0.15) is 37.4 Å². The maximum atomic E-state index is 14.1. The molecule has 1 fully saturated rings. The lowest BCUT2D eigenvalue weighted by Crippen LogP contribution is -2.48. The van der Waals surface area contributed by atoms with Gasteiger partial charge in [0.1, 0.15) is 6.54 Å². The normalized spacial score (nSPS) is 20.8. The molecule has 188 valence electrons. The van der Waals surface area contributed by atoms with Crippen molar-refractivity contribution in [3.63, 3.8) is 0 Å². The van der Waals surface area contributed by atoms with Gasteiger partial charge in [0.2, 0.25) is 5.91 Å². The first kappa shape index (κ1) is 26.9. The highest BCUT2D eigenvalue weighted by molar-refractivity contribution is 6.81. The van der Waals surface area contributed by atoms with Crippen LogP contribution < -0.4 is 0 Å². The van der Waals surface area contributed by atoms with Gasteiger partial charge in [-0.3, -0.25) is 14.5 Å². The highest BCUT2D eigenvalue weighted by atomic mass is 28.3. The quantitative estimate of drug-likeness (QED) is 0.362. The molecule has 0 N–H and O–H groups in total. The zero-order chi connectivity index (χ0) is 25.6. The molecular formula is C29H40N2O3Si. The summed E-state index contributed by atoms with van der Waals surface area (Å²) < 4.78 is 4.97. The molecule has 35 heavy (non-hydrogen) atoms. The van der Waals surface area contributed by atoms with Gasteiger partial charge in [-0.2, -0.15) is 0 Å². The molecule has 1 amide bonds. The van der Waals surface area contributed by atoms with Crippen molar-refractivity contribution in [2.75, 3.05) is 20.2 Å². The Morgan fingerprint density at radius 3 is 2.20 bits per heavy atom. The fraction of sp³-hybridized carbons (Fsp3) is 0.448. The first-order valence-corrected chi connectivity index (χ1v) is 16.1. The second-order valence-corrected chi connectivity index (χ2v) is 16.0. The number of methoxy groups -OCH3 is 1. The Balaban J connectivity index is 2.23. The van der Waals surface area contributed by atoms with Gasteiger partial charge in [0.25, 0.3) is 0 Å². The lowest BCUT2D eigenvalue weighted by atomic mass is 9.94. The molecule has 1 saturated heterocycles. The van der Waals surface area contributed by atoms with Gasteiger partial charge in [-0.15, -0.1) is 0 Å². The molecule has 6 heteroatoms. The summed E-state index contributed by atoms with van der Waals surface area (Å²) in [6.45, 7) is 12.3. The van der Waals surface area contributed by atoms with Crippen LogP contribution in [0.25, 0.3) is 0 Å². The number of carbonyl (C=O) groups excluding carboxylic acids is 2. The van der Waals surface area contributed by atoms with Crippen LogP contribution in [0.4, 0.5) is 0 Å². The summed E-state index contributed by atoms with van der Waals surface area (Å²) in [5.74, 6) is -0.0668. The summed E-state index contributed by atoms with van der Waals surface area (Å²) in [4.78, 5) is 30.5. The molecule has 2 aromatic rings. The van der Waals surface area contributed by atoms with Crippen LogP contribution in [0, 0.1) is 5.92 Å². The molecule has 0 aromatic heterocycles. The number of hydrogen-bond donors (Lipinski definition) is 0. The van der Waals surface area contributed by atoms with Crippen molar-refractivity contribution >= 4 is 20.0 Å². The number of ether oxygens (including phenoxy) is 1. The Hall–Kier alpha value is -2.70. The second-order valence-electron chi connectivity index (χ2n) is 11.0. The van der Waals surface area contributed by atoms with Crippen LogP contribution >= 0.6 is 0 Å². The highest BCUT2D eigenvalue weighted by Crippen LogP contribution is 2.38. The first-order chi connectivity index (χ1) is 16.6. The molecule has 0 radical (unpaired) electrons. The summed E-state index contributed by atoms with van der Waals surface area (Å²) in [6.07, 6.45) is 0.715. The molecule has 1 unspecified atom stereocenters. The lowest BCUT2D eigenvalue weighted by molar-refractivity contribution is -0.148. The van der Waals surface area contributed by atoms with E-state index in [1.807, 2.05) is 24.3 Å². The number of rotatable bonds is 8. The summed E-state index contributed by atoms with van der Waals surface area (Å²) in [5, 5.41) is 0. The van der Waals surface area contributed by atoms with E-state index in [9.17, 15) is 9.59 Å². The average molecular weight is 493 g/mol. The van der Waals surface area contributed by atoms with Crippen molar-refractivity contribution in [2.45, 2.75) is 58.5 Å². The number of amides is 1. The summed E-state index contributed by atoms with van der Waals surface area (Å²) in [6, 6.07) is 20.4. The zero-order valence-electron chi connectivity index (χ0n) is 22.0. The van der Waals surface area contributed by atoms with Crippen molar-refractivity contribution in [1.82, 2.24) is 9.80 Å². The van der Waals surface area contributed by atoms with Gasteiger partial charge in [-0.1, -0.05) is 99.9 Å². The third-order valence-corrected chi connectivity index (χ3v) is 7.47. The van der Waals surface area contributed by atoms with Crippen LogP contribution in [0.2, 0.25) is 19.6 Å². The molecule has 2 atom stereocenters. The van der Waals surface area contributed by atoms with Gasteiger partial charge in [0, 0.05) is 13.1 Å². The first-order valence-electron chi connectivity index (χ1n) is 12.5. The van der Waals surface area contributed by atoms with Crippen molar-refractivity contribution in [2.24, 2.45) is 5.92 Å². The van der Waals surface area contributed by atoms with Crippen molar-refractivity contribution in [3.8, 4) is 0 Å². The minimum atomic E-state index is -1.66. The molecule has 0 bridgehead atoms. The van der Waals surface area contributed by atoms with Crippen LogP contribution in [0.5, 0.6) is 0 Å². The minimum absolute atomic E-state index is 0.0000573. The Morgan fingerprint density at radius 1 is 1.06 bits per heavy atom. The number of carbonyl (C=O) groups is 2. The molecule has 0 aliphatic carbocycles. The number of benzene rings is 2. The molecule has 0 spiro atoms. The van der Waals surface area contributed by atoms with Gasteiger partial charge < -0.3 is 9.64 Å². The fourth-order valence-electron chi connectivity index (χ4n) is 4.88. The summed E-state index contributed by atoms with van der Waals surface area (Å²) in [5.41, 5.74) is 5.95. The van der Waals surface area contributed by atoms with Crippen LogP contribution in [-0.4, -0.2) is 56.0 Å². The maximum Gasteiger partial charge on any atom is 0.325 e. The molecular weight excluding hydrogens is 452 g/mol. The number of hydrogen-bond acceptors (Lipinski definition) is 4. The smallest absolute Gasteiger partial charge is 0.325 e. The maximum absolute atomic E-state index is 14.1. The average Bonchev–Trinajstić information content (AvgIpc) is 2.89. The Labute approximate surface area is 211 Å². The van der Waals surface area contributed by atoms with E-state index in [0.29, 0.717) is 25.4 Å². The van der Waals surface area contributed by atoms with Gasteiger partial charge in [0.15, 0.2) is 0 Å². The van der Waals surface area contributed by atoms with Crippen LogP contribution in [0.15, 0.2) is 71.9 Å². The highest BCUT2D eigenvalue weighted by Gasteiger charge is 2.41. The molecule has 1 aliphatic rings. The monoisotopic (exact) mass is 492 g/mol. The third-order valence-electron chi connectivity index (χ3n) is 6.24. The number of esters is 1. The van der Waals surface area contributed by atoms with Crippen LogP contribution in [0.3, 0.4) is 0 Å². The van der Waals surface area contributed by atoms with E-state index in [1.165, 1.54) is 23.8 Å². The van der Waals surface area contributed by atoms with Gasteiger partial charge in [-0.25, -0.2) is 0 Å². The topological polar surface area (TPSA) is 49.9 Å². The third kappa shape index (κ3) is 7.39. The predicted octanol–water partition coefficient (Wildman–Crippen LogP) is 5.46. The van der Waals surface area contributed by atoms with Gasteiger partial charge in [0.05, 0.1) is 27.3 Å². The second kappa shape index (κ2) is 11.8. The number of nitrogens with zero attached hydrogens (tertiary/aromatic N) is 2. The Kier molecular flexibility index (Phi) is 9.08.